The van der Waals surface area contributed by atoms with Crippen LogP contribution in [0.25, 0.3) is 22.4 Å². The third-order valence-corrected chi connectivity index (χ3v) is 5.40. The van der Waals surface area contributed by atoms with Crippen molar-refractivity contribution in [1.29, 1.82) is 0 Å². The lowest BCUT2D eigenvalue weighted by atomic mass is 9.89. The molecule has 170 valence electrons. The van der Waals surface area contributed by atoms with E-state index in [1.807, 2.05) is 0 Å². The first-order valence-electron chi connectivity index (χ1n) is 9.90. The number of carbonyl (C=O) groups is 1. The van der Waals surface area contributed by atoms with E-state index in [9.17, 15) is 23.1 Å². The fraction of sp³-hybridized carbons (Fsp3) is 0.381. The average molecular weight is 450 g/mol. The Hall–Kier alpha value is -3.18. The van der Waals surface area contributed by atoms with Gasteiger partial charge < -0.3 is 25.3 Å². The topological polar surface area (TPSA) is 124 Å². The minimum atomic E-state index is -4.63. The van der Waals surface area contributed by atoms with E-state index in [4.69, 9.17) is 14.9 Å². The summed E-state index contributed by atoms with van der Waals surface area (Å²) < 4.78 is 50.4. The summed E-state index contributed by atoms with van der Waals surface area (Å²) in [6.07, 6.45) is -4.01. The van der Waals surface area contributed by atoms with Crippen LogP contribution >= 0.6 is 0 Å². The molecule has 0 unspecified atom stereocenters. The van der Waals surface area contributed by atoms with Crippen molar-refractivity contribution in [3.05, 3.63) is 41.4 Å². The van der Waals surface area contributed by atoms with Crippen LogP contribution in [-0.2, 0) is 6.18 Å². The van der Waals surface area contributed by atoms with Crippen LogP contribution < -0.4 is 15.8 Å². The maximum Gasteiger partial charge on any atom is 0.433 e. The van der Waals surface area contributed by atoms with E-state index in [0.29, 0.717) is 23.8 Å². The highest BCUT2D eigenvalue weighted by Crippen LogP contribution is 2.37. The maximum atomic E-state index is 13.2. The molecule has 0 aliphatic heterocycles. The molecule has 1 saturated carbocycles. The zero-order chi connectivity index (χ0) is 23.2. The van der Waals surface area contributed by atoms with Crippen LogP contribution in [0, 0.1) is 0 Å². The van der Waals surface area contributed by atoms with Gasteiger partial charge in [-0.2, -0.15) is 13.2 Å². The summed E-state index contributed by atoms with van der Waals surface area (Å²) in [5.74, 6) is -0.280. The molecular weight excluding hydrogens is 429 g/mol. The van der Waals surface area contributed by atoms with Gasteiger partial charge in [-0.15, -0.1) is 0 Å². The lowest BCUT2D eigenvalue weighted by Crippen LogP contribution is -2.50. The Morgan fingerprint density at radius 3 is 2.59 bits per heavy atom. The molecule has 4 rings (SSSR count). The molecule has 1 fully saturated rings. The molecule has 2 heterocycles. The third kappa shape index (κ3) is 3.89. The summed E-state index contributed by atoms with van der Waals surface area (Å²) in [5, 5.41) is 12.7. The number of oxazole rings is 1. The molecule has 0 spiro atoms. The standard InChI is InChI=1S/C21H21F3N4O4/c1-9(25)18-17(19(30)26-12-5-6-13(12)29)28-20(32-18)11-3-7-14(31-2)16-10(11)4-8-15(27-16)21(22,23)24/h3-4,7-9,12-13,29H,5-6,25H2,1-2H3,(H,26,30)/t9-,12+,13-/m0/s1. The molecule has 0 radical (unpaired) electrons. The number of halogens is 3. The minimum Gasteiger partial charge on any atom is -0.494 e. The Bertz CT molecular complexity index is 1180. The number of carbonyl (C=O) groups excluding carboxylic acids is 1. The highest BCUT2D eigenvalue weighted by atomic mass is 19.4. The first kappa shape index (κ1) is 22.0. The molecule has 1 aromatic carbocycles. The first-order valence-corrected chi connectivity index (χ1v) is 9.90. The quantitative estimate of drug-likeness (QED) is 0.545. The average Bonchev–Trinajstić information content (AvgIpc) is 3.20. The fourth-order valence-corrected chi connectivity index (χ4v) is 3.51. The van der Waals surface area contributed by atoms with Gasteiger partial charge in [0.1, 0.15) is 17.0 Å². The van der Waals surface area contributed by atoms with Crippen molar-refractivity contribution < 1.29 is 32.2 Å². The highest BCUT2D eigenvalue weighted by Gasteiger charge is 2.34. The Labute approximate surface area is 180 Å². The summed E-state index contributed by atoms with van der Waals surface area (Å²) in [5.41, 5.74) is 5.15. The van der Waals surface area contributed by atoms with Gasteiger partial charge in [-0.25, -0.2) is 9.97 Å². The van der Waals surface area contributed by atoms with Crippen LogP contribution in [0.1, 0.15) is 47.7 Å². The molecule has 1 aliphatic carbocycles. The largest absolute Gasteiger partial charge is 0.494 e. The molecule has 2 aromatic heterocycles. The van der Waals surface area contributed by atoms with Crippen molar-refractivity contribution >= 4 is 16.8 Å². The van der Waals surface area contributed by atoms with Crippen molar-refractivity contribution in [2.75, 3.05) is 7.11 Å². The molecular formula is C21H21F3N4O4. The van der Waals surface area contributed by atoms with E-state index in [1.165, 1.54) is 19.2 Å². The number of nitrogens with one attached hydrogen (secondary N) is 1. The van der Waals surface area contributed by atoms with E-state index in [1.54, 1.807) is 13.0 Å². The number of fused-ring (bicyclic) bond motifs is 1. The van der Waals surface area contributed by atoms with E-state index >= 15 is 0 Å². The second-order valence-corrected chi connectivity index (χ2v) is 7.65. The Balaban J connectivity index is 1.81. The van der Waals surface area contributed by atoms with Crippen molar-refractivity contribution in [3.63, 3.8) is 0 Å². The Morgan fingerprint density at radius 2 is 2.03 bits per heavy atom. The Kier molecular flexibility index (Phi) is 5.55. The second-order valence-electron chi connectivity index (χ2n) is 7.65. The van der Waals surface area contributed by atoms with Gasteiger partial charge in [0.25, 0.3) is 5.91 Å². The minimum absolute atomic E-state index is 0.00539. The van der Waals surface area contributed by atoms with E-state index < -0.39 is 29.9 Å². The van der Waals surface area contributed by atoms with Gasteiger partial charge in [-0.3, -0.25) is 4.79 Å². The van der Waals surface area contributed by atoms with Crippen molar-refractivity contribution in [2.24, 2.45) is 5.73 Å². The van der Waals surface area contributed by atoms with E-state index in [2.05, 4.69) is 15.3 Å². The van der Waals surface area contributed by atoms with Crippen LogP contribution in [-0.4, -0.2) is 40.2 Å². The van der Waals surface area contributed by atoms with Crippen LogP contribution in [0.4, 0.5) is 13.2 Å². The molecule has 1 amide bonds. The van der Waals surface area contributed by atoms with Crippen LogP contribution in [0.2, 0.25) is 0 Å². The number of aromatic nitrogens is 2. The lowest BCUT2D eigenvalue weighted by Gasteiger charge is -2.32. The number of pyridine rings is 1. The van der Waals surface area contributed by atoms with Crippen molar-refractivity contribution in [2.45, 2.75) is 44.1 Å². The summed E-state index contributed by atoms with van der Waals surface area (Å²) in [7, 11) is 1.33. The van der Waals surface area contributed by atoms with Crippen LogP contribution in [0.3, 0.4) is 0 Å². The number of nitrogens with two attached hydrogens (primary N) is 1. The number of aliphatic hydroxyl groups excluding tert-OH is 1. The monoisotopic (exact) mass is 450 g/mol. The SMILES string of the molecule is COc1ccc(-c2nc(C(=O)N[C@@H]3CC[C@@H]3O)c([C@H](C)N)o2)c2ccc(C(F)(F)F)nc12. The normalized spacial score (nSPS) is 19.5. The first-order chi connectivity index (χ1) is 15.1. The van der Waals surface area contributed by atoms with Gasteiger partial charge in [-0.05, 0) is 44.0 Å². The van der Waals surface area contributed by atoms with Gasteiger partial charge in [0.2, 0.25) is 5.89 Å². The van der Waals surface area contributed by atoms with Gasteiger partial charge in [0, 0.05) is 10.9 Å². The zero-order valence-electron chi connectivity index (χ0n) is 17.2. The second kappa shape index (κ2) is 8.06. The number of rotatable bonds is 5. The van der Waals surface area contributed by atoms with Crippen molar-refractivity contribution in [1.82, 2.24) is 15.3 Å². The summed E-state index contributed by atoms with van der Waals surface area (Å²) >= 11 is 0. The number of methoxy groups -OCH3 is 1. The van der Waals surface area contributed by atoms with Gasteiger partial charge in [0.05, 0.1) is 25.3 Å². The lowest BCUT2D eigenvalue weighted by molar-refractivity contribution is -0.140. The molecule has 3 atom stereocenters. The molecule has 1 aliphatic rings. The summed E-state index contributed by atoms with van der Waals surface area (Å²) in [6.45, 7) is 1.61. The molecule has 11 heteroatoms. The predicted molar refractivity (Wildman–Crippen MR) is 108 cm³/mol. The summed E-state index contributed by atoms with van der Waals surface area (Å²) in [6, 6.07) is 4.06. The van der Waals surface area contributed by atoms with E-state index in [0.717, 1.165) is 6.07 Å². The fourth-order valence-electron chi connectivity index (χ4n) is 3.51. The number of hydrogen-bond donors (Lipinski definition) is 3. The molecule has 0 bridgehead atoms. The number of ether oxygens (including phenoxy) is 1. The number of amides is 1. The number of aliphatic hydroxyl groups is 1. The zero-order valence-corrected chi connectivity index (χ0v) is 17.2. The predicted octanol–water partition coefficient (Wildman–Crippen LogP) is 3.19. The maximum absolute atomic E-state index is 13.2. The van der Waals surface area contributed by atoms with E-state index in [-0.39, 0.29) is 34.7 Å². The highest BCUT2D eigenvalue weighted by molar-refractivity contribution is 5.98. The number of benzene rings is 1. The molecule has 32 heavy (non-hydrogen) atoms. The smallest absolute Gasteiger partial charge is 0.433 e. The van der Waals surface area contributed by atoms with Gasteiger partial charge in [0.15, 0.2) is 11.5 Å². The molecule has 8 nitrogen and oxygen atoms in total. The molecule has 0 saturated heterocycles. The number of hydrogen-bond acceptors (Lipinski definition) is 7. The molecule has 4 N–H and O–H groups in total. The van der Waals surface area contributed by atoms with Crippen molar-refractivity contribution in [3.8, 4) is 17.2 Å². The third-order valence-electron chi connectivity index (χ3n) is 5.40. The number of nitrogens with zero attached hydrogens (tertiary/aromatic N) is 2. The Morgan fingerprint density at radius 1 is 1.28 bits per heavy atom. The number of alkyl halides is 3. The van der Waals surface area contributed by atoms with Gasteiger partial charge >= 0.3 is 6.18 Å². The molecule has 3 aromatic rings. The van der Waals surface area contributed by atoms with Gasteiger partial charge in [-0.1, -0.05) is 0 Å². The summed E-state index contributed by atoms with van der Waals surface area (Å²) in [4.78, 5) is 20.7. The van der Waals surface area contributed by atoms with Crippen LogP contribution in [0.5, 0.6) is 5.75 Å². The van der Waals surface area contributed by atoms with Crippen LogP contribution in [0.15, 0.2) is 28.7 Å².